The molecule has 1 aromatic carbocycles. The first-order valence-electron chi connectivity index (χ1n) is 6.22. The van der Waals surface area contributed by atoms with E-state index in [0.717, 1.165) is 5.56 Å². The van der Waals surface area contributed by atoms with Crippen molar-refractivity contribution >= 4 is 23.5 Å². The Morgan fingerprint density at radius 3 is 2.60 bits per heavy atom. The van der Waals surface area contributed by atoms with Crippen LogP contribution in [0.15, 0.2) is 18.2 Å². The van der Waals surface area contributed by atoms with Gasteiger partial charge in [0.1, 0.15) is 0 Å². The summed E-state index contributed by atoms with van der Waals surface area (Å²) in [4.78, 5) is 36.1. The molecule has 20 heavy (non-hydrogen) atoms. The van der Waals surface area contributed by atoms with Gasteiger partial charge in [-0.05, 0) is 30.7 Å². The highest BCUT2D eigenvalue weighted by atomic mass is 16.5. The Morgan fingerprint density at radius 2 is 2.10 bits per heavy atom. The molecule has 0 radical (unpaired) electrons. The van der Waals surface area contributed by atoms with Gasteiger partial charge in [-0.3, -0.25) is 9.59 Å². The predicted molar refractivity (Wildman–Crippen MR) is 72.2 cm³/mol. The highest BCUT2D eigenvalue weighted by Crippen LogP contribution is 2.28. The largest absolute Gasteiger partial charge is 0.465 e. The molecule has 6 nitrogen and oxygen atoms in total. The molecule has 6 heteroatoms. The summed E-state index contributed by atoms with van der Waals surface area (Å²) in [5, 5.41) is 0. The lowest BCUT2D eigenvalue weighted by Crippen LogP contribution is -2.28. The fourth-order valence-corrected chi connectivity index (χ4v) is 2.33. The van der Waals surface area contributed by atoms with Crippen LogP contribution in [0.3, 0.4) is 0 Å². The molecule has 0 aromatic heterocycles. The van der Waals surface area contributed by atoms with E-state index in [-0.39, 0.29) is 18.9 Å². The maximum absolute atomic E-state index is 11.9. The van der Waals surface area contributed by atoms with Gasteiger partial charge in [-0.15, -0.1) is 0 Å². The SMILES string of the molecule is COC(=O)c1ccc(N2CC(C(N)=O)CC2=O)c(C)c1. The van der Waals surface area contributed by atoms with Crippen molar-refractivity contribution in [1.29, 1.82) is 0 Å². The van der Waals surface area contributed by atoms with Gasteiger partial charge >= 0.3 is 5.97 Å². The third-order valence-corrected chi connectivity index (χ3v) is 3.44. The molecule has 1 aliphatic heterocycles. The Balaban J connectivity index is 2.28. The number of hydrogen-bond acceptors (Lipinski definition) is 4. The van der Waals surface area contributed by atoms with E-state index in [1.165, 1.54) is 12.0 Å². The van der Waals surface area contributed by atoms with Crippen molar-refractivity contribution in [2.75, 3.05) is 18.6 Å². The Kier molecular flexibility index (Phi) is 3.74. The molecule has 1 saturated heterocycles. The van der Waals surface area contributed by atoms with Gasteiger partial charge in [-0.1, -0.05) is 0 Å². The zero-order valence-electron chi connectivity index (χ0n) is 11.4. The van der Waals surface area contributed by atoms with Gasteiger partial charge in [0.05, 0.1) is 18.6 Å². The first kappa shape index (κ1) is 14.0. The van der Waals surface area contributed by atoms with Crippen LogP contribution in [-0.2, 0) is 14.3 Å². The fraction of sp³-hybridized carbons (Fsp3) is 0.357. The van der Waals surface area contributed by atoms with Crippen LogP contribution >= 0.6 is 0 Å². The summed E-state index contributed by atoms with van der Waals surface area (Å²) in [6, 6.07) is 4.94. The van der Waals surface area contributed by atoms with Crippen molar-refractivity contribution < 1.29 is 19.1 Å². The number of anilines is 1. The summed E-state index contributed by atoms with van der Waals surface area (Å²) in [6.45, 7) is 2.08. The Bertz CT molecular complexity index is 583. The minimum absolute atomic E-state index is 0.132. The van der Waals surface area contributed by atoms with E-state index in [4.69, 9.17) is 5.73 Å². The number of amides is 2. The lowest BCUT2D eigenvalue weighted by Gasteiger charge is -2.19. The van der Waals surface area contributed by atoms with E-state index >= 15 is 0 Å². The molecule has 106 valence electrons. The first-order chi connectivity index (χ1) is 9.43. The van der Waals surface area contributed by atoms with E-state index in [2.05, 4.69) is 4.74 Å². The van der Waals surface area contributed by atoms with Crippen molar-refractivity contribution in [2.24, 2.45) is 11.7 Å². The third kappa shape index (κ3) is 2.49. The standard InChI is InChI=1S/C14H16N2O4/c1-8-5-9(14(19)20-2)3-4-11(8)16-7-10(13(15)18)6-12(16)17/h3-5,10H,6-7H2,1-2H3,(H2,15,18). The minimum atomic E-state index is -0.468. The number of hydrogen-bond donors (Lipinski definition) is 1. The number of benzene rings is 1. The average molecular weight is 276 g/mol. The maximum atomic E-state index is 11.9. The van der Waals surface area contributed by atoms with Crippen molar-refractivity contribution in [2.45, 2.75) is 13.3 Å². The van der Waals surface area contributed by atoms with Gasteiger partial charge in [0, 0.05) is 18.7 Å². The molecule has 1 atom stereocenters. The average Bonchev–Trinajstić information content (AvgIpc) is 2.80. The van der Waals surface area contributed by atoms with Gasteiger partial charge in [0.25, 0.3) is 0 Å². The number of primary amides is 1. The first-order valence-corrected chi connectivity index (χ1v) is 6.22. The molecule has 2 amide bonds. The Morgan fingerprint density at radius 1 is 1.40 bits per heavy atom. The van der Waals surface area contributed by atoms with Crippen LogP contribution in [0.1, 0.15) is 22.3 Å². The summed E-state index contributed by atoms with van der Waals surface area (Å²) < 4.78 is 4.65. The number of aryl methyl sites for hydroxylation is 1. The van der Waals surface area contributed by atoms with Gasteiger partial charge < -0.3 is 15.4 Å². The molecule has 0 bridgehead atoms. The molecule has 1 aromatic rings. The second-order valence-electron chi connectivity index (χ2n) is 4.80. The minimum Gasteiger partial charge on any atom is -0.465 e. The van der Waals surface area contributed by atoms with Crippen LogP contribution in [0, 0.1) is 12.8 Å². The fourth-order valence-electron chi connectivity index (χ4n) is 2.33. The highest BCUT2D eigenvalue weighted by molar-refractivity contribution is 6.01. The molecular formula is C14H16N2O4. The molecular weight excluding hydrogens is 260 g/mol. The van der Waals surface area contributed by atoms with Crippen molar-refractivity contribution in [3.63, 3.8) is 0 Å². The quantitative estimate of drug-likeness (QED) is 0.819. The van der Waals surface area contributed by atoms with Crippen LogP contribution in [0.5, 0.6) is 0 Å². The number of esters is 1. The third-order valence-electron chi connectivity index (χ3n) is 3.44. The van der Waals surface area contributed by atoms with E-state index in [0.29, 0.717) is 11.3 Å². The second kappa shape index (κ2) is 5.32. The number of nitrogens with zero attached hydrogens (tertiary/aromatic N) is 1. The summed E-state index contributed by atoms with van der Waals surface area (Å²) in [5.41, 5.74) is 7.12. The number of carbonyl (C=O) groups excluding carboxylic acids is 3. The second-order valence-corrected chi connectivity index (χ2v) is 4.80. The van der Waals surface area contributed by atoms with E-state index in [1.807, 2.05) is 0 Å². The van der Waals surface area contributed by atoms with E-state index in [1.54, 1.807) is 25.1 Å². The molecule has 1 unspecified atom stereocenters. The van der Waals surface area contributed by atoms with Crippen LogP contribution in [0.4, 0.5) is 5.69 Å². The van der Waals surface area contributed by atoms with Crippen LogP contribution in [-0.4, -0.2) is 31.4 Å². The summed E-state index contributed by atoms with van der Waals surface area (Å²) >= 11 is 0. The molecule has 2 N–H and O–H groups in total. The zero-order chi connectivity index (χ0) is 14.9. The molecule has 1 fully saturated rings. The van der Waals surface area contributed by atoms with Crippen molar-refractivity contribution in [1.82, 2.24) is 0 Å². The molecule has 0 aliphatic carbocycles. The number of rotatable bonds is 3. The summed E-state index contributed by atoms with van der Waals surface area (Å²) in [6.07, 6.45) is 0.132. The summed E-state index contributed by atoms with van der Waals surface area (Å²) in [5.74, 6) is -1.49. The van der Waals surface area contributed by atoms with Crippen LogP contribution in [0.25, 0.3) is 0 Å². The van der Waals surface area contributed by atoms with Gasteiger partial charge in [-0.2, -0.15) is 0 Å². The highest BCUT2D eigenvalue weighted by Gasteiger charge is 2.34. The Hall–Kier alpha value is -2.37. The molecule has 1 heterocycles. The monoisotopic (exact) mass is 276 g/mol. The zero-order valence-corrected chi connectivity index (χ0v) is 11.4. The van der Waals surface area contributed by atoms with E-state index in [9.17, 15) is 14.4 Å². The molecule has 1 aliphatic rings. The topological polar surface area (TPSA) is 89.7 Å². The van der Waals surface area contributed by atoms with Gasteiger partial charge in [-0.25, -0.2) is 4.79 Å². The number of nitrogens with two attached hydrogens (primary N) is 1. The summed E-state index contributed by atoms with van der Waals surface area (Å²) in [7, 11) is 1.31. The van der Waals surface area contributed by atoms with Gasteiger partial charge in [0.15, 0.2) is 0 Å². The van der Waals surface area contributed by atoms with Crippen molar-refractivity contribution in [3.05, 3.63) is 29.3 Å². The van der Waals surface area contributed by atoms with Crippen molar-refractivity contribution in [3.8, 4) is 0 Å². The van der Waals surface area contributed by atoms with Crippen LogP contribution < -0.4 is 10.6 Å². The lowest BCUT2D eigenvalue weighted by atomic mass is 10.1. The smallest absolute Gasteiger partial charge is 0.337 e. The van der Waals surface area contributed by atoms with E-state index < -0.39 is 17.8 Å². The number of methoxy groups -OCH3 is 1. The molecule has 0 saturated carbocycles. The Labute approximate surface area is 116 Å². The molecule has 0 spiro atoms. The lowest BCUT2D eigenvalue weighted by molar-refractivity contribution is -0.123. The van der Waals surface area contributed by atoms with Crippen LogP contribution in [0.2, 0.25) is 0 Å². The van der Waals surface area contributed by atoms with Gasteiger partial charge in [0.2, 0.25) is 11.8 Å². The number of carbonyl (C=O) groups is 3. The predicted octanol–water partition coefficient (Wildman–Crippen LogP) is 0.620. The number of ether oxygens (including phenoxy) is 1. The molecule has 2 rings (SSSR count). The maximum Gasteiger partial charge on any atom is 0.337 e. The normalized spacial score (nSPS) is 18.2.